The molecule has 6 rings (SSSR count). The molecule has 152 valence electrons. The average Bonchev–Trinajstić information content (AvgIpc) is 3.43. The summed E-state index contributed by atoms with van der Waals surface area (Å²) < 4.78 is 0.0669. The van der Waals surface area contributed by atoms with Crippen molar-refractivity contribution in [3.63, 3.8) is 0 Å². The summed E-state index contributed by atoms with van der Waals surface area (Å²) in [6.45, 7) is 3.84. The molecule has 0 saturated carbocycles. The predicted octanol–water partition coefficient (Wildman–Crippen LogP) is 3.45. The number of nitrogens with zero attached hydrogens (tertiary/aromatic N) is 5. The van der Waals surface area contributed by atoms with E-state index in [1.165, 1.54) is 0 Å². The van der Waals surface area contributed by atoms with E-state index < -0.39 is 5.41 Å². The van der Waals surface area contributed by atoms with Gasteiger partial charge in [-0.05, 0) is 42.7 Å². The normalized spacial score (nSPS) is 22.7. The van der Waals surface area contributed by atoms with Crippen LogP contribution in [0.2, 0.25) is 0 Å². The number of quaternary nitrogens is 1. The molecule has 0 radical (unpaired) electrons. The molecule has 9 nitrogen and oxygen atoms in total. The quantitative estimate of drug-likeness (QED) is 0.562. The Morgan fingerprint density at radius 2 is 2.06 bits per heavy atom. The highest BCUT2D eigenvalue weighted by Gasteiger charge is 2.44. The number of hydrogen-bond donors (Lipinski definition) is 3. The summed E-state index contributed by atoms with van der Waals surface area (Å²) in [6.07, 6.45) is 7.11. The zero-order valence-electron chi connectivity index (χ0n) is 16.9. The largest absolute Gasteiger partial charge is 0.325 e. The number of carbonyl (C=O) groups excluding carboxylic acids is 1. The number of amidine groups is 1. The first-order valence-corrected chi connectivity index (χ1v) is 9.92. The summed E-state index contributed by atoms with van der Waals surface area (Å²) in [6, 6.07) is 11.8. The number of nitrogens with one attached hydrogen (secondary N) is 3. The average molecular weight is 411 g/mol. The molecule has 31 heavy (non-hydrogen) atoms. The predicted molar refractivity (Wildman–Crippen MR) is 122 cm³/mol. The summed E-state index contributed by atoms with van der Waals surface area (Å²) in [5.74, 6) is 1.13. The number of guanidine groups is 1. The standard InChI is InChI=1S/C22H18N8O/c1-22(2)15-7-6-13(10-17(15)26-20(22)31)25-21-27-19-12-23-8-9-30(19,29-21)18-5-3-4-16-14(18)11-24-28-16/h3-12H,1-2H3,(H2-,24,25,26,28,29,31)/p+1. The Bertz CT molecular complexity index is 1390. The van der Waals surface area contributed by atoms with E-state index in [0.29, 0.717) is 11.8 Å². The third-order valence-corrected chi connectivity index (χ3v) is 5.97. The lowest BCUT2D eigenvalue weighted by Crippen LogP contribution is -2.44. The maximum atomic E-state index is 12.3. The number of rotatable bonds is 2. The zero-order valence-corrected chi connectivity index (χ0v) is 16.9. The van der Waals surface area contributed by atoms with Crippen molar-refractivity contribution in [2.24, 2.45) is 15.1 Å². The molecule has 0 saturated heterocycles. The van der Waals surface area contributed by atoms with Crippen molar-refractivity contribution in [1.29, 1.82) is 0 Å². The number of anilines is 2. The van der Waals surface area contributed by atoms with Crippen molar-refractivity contribution < 1.29 is 4.79 Å². The van der Waals surface area contributed by atoms with E-state index in [4.69, 9.17) is 10.1 Å². The van der Waals surface area contributed by atoms with Gasteiger partial charge in [-0.1, -0.05) is 16.7 Å². The number of carbonyl (C=O) groups is 1. The minimum atomic E-state index is -0.542. The highest BCUT2D eigenvalue weighted by Crippen LogP contribution is 2.39. The summed E-state index contributed by atoms with van der Waals surface area (Å²) in [4.78, 5) is 21.2. The van der Waals surface area contributed by atoms with Gasteiger partial charge in [-0.2, -0.15) is 10.1 Å². The Kier molecular flexibility index (Phi) is 3.41. The maximum Gasteiger partial charge on any atom is 0.287 e. The SMILES string of the molecule is CC1(C)C(=O)Nc2cc(NC3=N[N+]4(c5cccc6[nH]ncc56)C=CN=CC4=N3)ccc21. The van der Waals surface area contributed by atoms with Gasteiger partial charge in [0.25, 0.3) is 11.8 Å². The topological polar surface area (TPSA) is 107 Å². The van der Waals surface area contributed by atoms with Gasteiger partial charge >= 0.3 is 0 Å². The van der Waals surface area contributed by atoms with Crippen LogP contribution >= 0.6 is 0 Å². The van der Waals surface area contributed by atoms with Gasteiger partial charge in [-0.15, -0.1) is 0 Å². The van der Waals surface area contributed by atoms with Gasteiger partial charge in [0.2, 0.25) is 5.91 Å². The molecular weight excluding hydrogens is 392 g/mol. The second-order valence-electron chi connectivity index (χ2n) is 8.23. The number of benzene rings is 2. The fourth-order valence-corrected chi connectivity index (χ4v) is 4.24. The fourth-order valence-electron chi connectivity index (χ4n) is 4.24. The first-order valence-electron chi connectivity index (χ1n) is 9.92. The van der Waals surface area contributed by atoms with Crippen molar-refractivity contribution in [2.75, 3.05) is 10.6 Å². The molecule has 3 N–H and O–H groups in total. The maximum absolute atomic E-state index is 12.3. The van der Waals surface area contributed by atoms with E-state index >= 15 is 0 Å². The molecule has 1 aromatic heterocycles. The lowest BCUT2D eigenvalue weighted by atomic mass is 9.86. The Balaban J connectivity index is 1.41. The van der Waals surface area contributed by atoms with Gasteiger partial charge in [0.1, 0.15) is 6.21 Å². The van der Waals surface area contributed by atoms with Crippen LogP contribution in [0.3, 0.4) is 0 Å². The van der Waals surface area contributed by atoms with E-state index in [1.54, 1.807) is 18.6 Å². The van der Waals surface area contributed by atoms with Gasteiger partial charge in [0, 0.05) is 17.4 Å². The molecule has 1 unspecified atom stereocenters. The molecule has 0 aliphatic carbocycles. The van der Waals surface area contributed by atoms with E-state index in [9.17, 15) is 4.79 Å². The molecule has 9 heteroatoms. The van der Waals surface area contributed by atoms with Crippen LogP contribution in [0.15, 0.2) is 70.1 Å². The number of aliphatic imine (C=N–C) groups is 2. The second kappa shape index (κ2) is 5.96. The smallest absolute Gasteiger partial charge is 0.287 e. The molecule has 0 spiro atoms. The van der Waals surface area contributed by atoms with Gasteiger partial charge in [-0.3, -0.25) is 14.9 Å². The Morgan fingerprint density at radius 1 is 1.16 bits per heavy atom. The minimum absolute atomic E-state index is 0.00528. The van der Waals surface area contributed by atoms with Crippen molar-refractivity contribution in [2.45, 2.75) is 19.3 Å². The number of aromatic nitrogens is 2. The summed E-state index contributed by atoms with van der Waals surface area (Å²) in [5, 5.41) is 19.3. The second-order valence-corrected chi connectivity index (χ2v) is 8.23. The van der Waals surface area contributed by atoms with Crippen LogP contribution in [-0.4, -0.2) is 34.1 Å². The third kappa shape index (κ3) is 2.44. The lowest BCUT2D eigenvalue weighted by molar-refractivity contribution is -0.119. The summed E-state index contributed by atoms with van der Waals surface area (Å²) >= 11 is 0. The number of amides is 1. The minimum Gasteiger partial charge on any atom is -0.325 e. The van der Waals surface area contributed by atoms with Crippen LogP contribution < -0.4 is 15.2 Å². The number of aromatic amines is 1. The molecule has 3 aliphatic rings. The Labute approximate surface area is 177 Å². The molecule has 1 atom stereocenters. The van der Waals surface area contributed by atoms with E-state index in [0.717, 1.165) is 33.5 Å². The first kappa shape index (κ1) is 17.7. The van der Waals surface area contributed by atoms with Gasteiger partial charge < -0.3 is 10.6 Å². The molecule has 0 fully saturated rings. The molecule has 2 aromatic carbocycles. The van der Waals surface area contributed by atoms with Gasteiger partial charge in [-0.25, -0.2) is 0 Å². The third-order valence-electron chi connectivity index (χ3n) is 5.97. The monoisotopic (exact) mass is 411 g/mol. The molecule has 3 aromatic rings. The molecular formula is C22H19N8O+. The van der Waals surface area contributed by atoms with Gasteiger partial charge in [0.05, 0.1) is 28.7 Å². The van der Waals surface area contributed by atoms with Crippen LogP contribution in [-0.2, 0) is 10.2 Å². The Hall–Kier alpha value is -4.11. The summed E-state index contributed by atoms with van der Waals surface area (Å²) in [5.41, 5.74) is 3.88. The van der Waals surface area contributed by atoms with Crippen molar-refractivity contribution >= 4 is 51.9 Å². The highest BCUT2D eigenvalue weighted by molar-refractivity contribution is 6.39. The van der Waals surface area contributed by atoms with Crippen LogP contribution in [0.25, 0.3) is 10.9 Å². The van der Waals surface area contributed by atoms with Gasteiger partial charge in [0.15, 0.2) is 11.9 Å². The first-order chi connectivity index (χ1) is 15.0. The summed E-state index contributed by atoms with van der Waals surface area (Å²) in [7, 11) is 0. The highest BCUT2D eigenvalue weighted by atomic mass is 16.2. The molecule has 4 heterocycles. The van der Waals surface area contributed by atoms with E-state index in [2.05, 4.69) is 25.8 Å². The number of hydrogen-bond acceptors (Lipinski definition) is 6. The zero-order chi connectivity index (χ0) is 21.2. The Morgan fingerprint density at radius 3 is 2.97 bits per heavy atom. The van der Waals surface area contributed by atoms with E-state index in [1.807, 2.05) is 56.4 Å². The van der Waals surface area contributed by atoms with Crippen LogP contribution in [0.5, 0.6) is 0 Å². The number of fused-ring (bicyclic) bond motifs is 3. The van der Waals surface area contributed by atoms with Crippen molar-refractivity contribution in [1.82, 2.24) is 14.8 Å². The van der Waals surface area contributed by atoms with E-state index in [-0.39, 0.29) is 10.5 Å². The van der Waals surface area contributed by atoms with Crippen LogP contribution in [0, 0.1) is 0 Å². The fraction of sp³-hybridized carbons (Fsp3) is 0.136. The molecule has 0 bridgehead atoms. The van der Waals surface area contributed by atoms with Crippen molar-refractivity contribution in [3.8, 4) is 0 Å². The molecule has 3 aliphatic heterocycles. The van der Waals surface area contributed by atoms with Crippen LogP contribution in [0.4, 0.5) is 17.1 Å². The number of H-pyrrole nitrogens is 1. The molecule has 1 amide bonds. The van der Waals surface area contributed by atoms with Crippen molar-refractivity contribution in [3.05, 3.63) is 60.6 Å². The van der Waals surface area contributed by atoms with Crippen LogP contribution in [0.1, 0.15) is 19.4 Å². The lowest BCUT2D eigenvalue weighted by Gasteiger charge is -2.24.